The molecule has 0 bridgehead atoms. The van der Waals surface area contributed by atoms with Crippen LogP contribution in [0.3, 0.4) is 0 Å². The first-order valence-corrected chi connectivity index (χ1v) is 8.83. The summed E-state index contributed by atoms with van der Waals surface area (Å²) in [5.41, 5.74) is 3.98. The van der Waals surface area contributed by atoms with E-state index in [1.807, 2.05) is 0 Å². The van der Waals surface area contributed by atoms with Crippen LogP contribution in [-0.4, -0.2) is 11.3 Å². The van der Waals surface area contributed by atoms with Gasteiger partial charge in [0.25, 0.3) is 0 Å². The van der Waals surface area contributed by atoms with Gasteiger partial charge in [-0.25, -0.2) is 0 Å². The summed E-state index contributed by atoms with van der Waals surface area (Å²) in [6.07, 6.45) is 1.68. The maximum atomic E-state index is 10.2. The fourth-order valence-electron chi connectivity index (χ4n) is 2.48. The molecule has 4 heteroatoms. The summed E-state index contributed by atoms with van der Waals surface area (Å²) in [6, 6.07) is 9.67. The second kappa shape index (κ2) is 7.50. The molecule has 0 amide bonds. The van der Waals surface area contributed by atoms with Crippen molar-refractivity contribution in [2.75, 3.05) is 0 Å². The number of phenolic OH excluding ortho intramolecular Hbond substituents is 1. The van der Waals surface area contributed by atoms with Crippen LogP contribution in [0.25, 0.3) is 0 Å². The molecule has 0 fully saturated rings. The molecule has 0 atom stereocenters. The summed E-state index contributed by atoms with van der Waals surface area (Å²) in [7, 11) is 0. The summed E-state index contributed by atoms with van der Waals surface area (Å²) in [5.74, 6) is 0.896. The number of phenols is 1. The molecule has 0 heterocycles. The molecule has 2 aromatic rings. The topological polar surface area (TPSA) is 32.6 Å². The molecular formula is C19H21BrClNO. The predicted molar refractivity (Wildman–Crippen MR) is 103 cm³/mol. The van der Waals surface area contributed by atoms with Crippen LogP contribution in [-0.2, 0) is 0 Å². The molecule has 0 aromatic heterocycles. The Kier molecular flexibility index (Phi) is 5.88. The quantitative estimate of drug-likeness (QED) is 0.568. The van der Waals surface area contributed by atoms with Gasteiger partial charge in [-0.3, -0.25) is 4.99 Å². The van der Waals surface area contributed by atoms with Crippen LogP contribution in [0.15, 0.2) is 39.8 Å². The minimum atomic E-state index is 0.145. The van der Waals surface area contributed by atoms with Crippen molar-refractivity contribution in [3.8, 4) is 5.75 Å². The van der Waals surface area contributed by atoms with Gasteiger partial charge in [0, 0.05) is 16.8 Å². The molecule has 0 aliphatic heterocycles. The number of aliphatic imine (C=N–C) groups is 1. The van der Waals surface area contributed by atoms with E-state index >= 15 is 0 Å². The number of rotatable bonds is 4. The van der Waals surface area contributed by atoms with Gasteiger partial charge < -0.3 is 5.11 Å². The van der Waals surface area contributed by atoms with E-state index < -0.39 is 0 Å². The van der Waals surface area contributed by atoms with Crippen LogP contribution < -0.4 is 0 Å². The molecule has 0 aliphatic rings. The van der Waals surface area contributed by atoms with Crippen LogP contribution in [0.4, 0.5) is 5.69 Å². The molecule has 1 N–H and O–H groups in total. The van der Waals surface area contributed by atoms with Crippen molar-refractivity contribution in [2.24, 2.45) is 4.99 Å². The largest absolute Gasteiger partial charge is 0.506 e. The van der Waals surface area contributed by atoms with Crippen molar-refractivity contribution < 1.29 is 5.11 Å². The molecule has 0 saturated carbocycles. The molecule has 2 rings (SSSR count). The minimum Gasteiger partial charge on any atom is -0.506 e. The van der Waals surface area contributed by atoms with E-state index in [2.05, 4.69) is 61.8 Å². The Morgan fingerprint density at radius 3 is 2.17 bits per heavy atom. The molecule has 0 unspecified atom stereocenters. The highest BCUT2D eigenvalue weighted by atomic mass is 79.9. The van der Waals surface area contributed by atoms with Gasteiger partial charge in [0.1, 0.15) is 5.75 Å². The first-order valence-electron chi connectivity index (χ1n) is 7.66. The maximum Gasteiger partial charge on any atom is 0.138 e. The second-order valence-electron chi connectivity index (χ2n) is 6.18. The zero-order valence-corrected chi connectivity index (χ0v) is 16.1. The minimum absolute atomic E-state index is 0.145. The standard InChI is InChI=1S/C19H21BrClNO/c1-11(2)15-6-5-7-16(12(3)4)18(15)22-10-13-8-14(21)9-17(20)19(13)23/h5-12,23H,1-4H3. The highest BCUT2D eigenvalue weighted by Gasteiger charge is 2.13. The van der Waals surface area contributed by atoms with Crippen molar-refractivity contribution in [2.45, 2.75) is 39.5 Å². The van der Waals surface area contributed by atoms with Crippen LogP contribution in [0.1, 0.15) is 56.2 Å². The average Bonchev–Trinajstić information content (AvgIpc) is 2.48. The summed E-state index contributed by atoms with van der Waals surface area (Å²) >= 11 is 9.37. The SMILES string of the molecule is CC(C)c1cccc(C(C)C)c1N=Cc1cc(Cl)cc(Br)c1O. The van der Waals surface area contributed by atoms with E-state index in [1.54, 1.807) is 18.3 Å². The fourth-order valence-corrected chi connectivity index (χ4v) is 3.31. The van der Waals surface area contributed by atoms with E-state index in [0.29, 0.717) is 26.9 Å². The van der Waals surface area contributed by atoms with Crippen LogP contribution >= 0.6 is 27.5 Å². The number of halogens is 2. The van der Waals surface area contributed by atoms with Crippen molar-refractivity contribution in [1.82, 2.24) is 0 Å². The lowest BCUT2D eigenvalue weighted by atomic mass is 9.93. The maximum absolute atomic E-state index is 10.2. The monoisotopic (exact) mass is 393 g/mol. The number of hydrogen-bond donors (Lipinski definition) is 1. The molecule has 0 spiro atoms. The average molecular weight is 395 g/mol. The van der Waals surface area contributed by atoms with Crippen molar-refractivity contribution in [3.05, 3.63) is 56.5 Å². The van der Waals surface area contributed by atoms with E-state index in [0.717, 1.165) is 5.69 Å². The third-order valence-electron chi connectivity index (χ3n) is 3.73. The van der Waals surface area contributed by atoms with Crippen LogP contribution in [0, 0.1) is 0 Å². The molecule has 23 heavy (non-hydrogen) atoms. The zero-order valence-electron chi connectivity index (χ0n) is 13.8. The number of hydrogen-bond acceptors (Lipinski definition) is 2. The Morgan fingerprint density at radius 2 is 1.65 bits per heavy atom. The van der Waals surface area contributed by atoms with Crippen LogP contribution in [0.2, 0.25) is 5.02 Å². The summed E-state index contributed by atoms with van der Waals surface area (Å²) in [4.78, 5) is 4.70. The number of benzene rings is 2. The third kappa shape index (κ3) is 4.15. The number of para-hydroxylation sites is 1. The summed E-state index contributed by atoms with van der Waals surface area (Å²) < 4.78 is 0.563. The van der Waals surface area contributed by atoms with Crippen LogP contribution in [0.5, 0.6) is 5.75 Å². The van der Waals surface area contributed by atoms with Gasteiger partial charge in [-0.05, 0) is 51.0 Å². The van der Waals surface area contributed by atoms with Crippen molar-refractivity contribution >= 4 is 39.4 Å². The lowest BCUT2D eigenvalue weighted by Crippen LogP contribution is -1.96. The highest BCUT2D eigenvalue weighted by molar-refractivity contribution is 9.10. The van der Waals surface area contributed by atoms with E-state index in [1.165, 1.54) is 11.1 Å². The van der Waals surface area contributed by atoms with Gasteiger partial charge in [0.15, 0.2) is 0 Å². The Hall–Kier alpha value is -1.32. The lowest BCUT2D eigenvalue weighted by Gasteiger charge is -2.16. The highest BCUT2D eigenvalue weighted by Crippen LogP contribution is 2.36. The van der Waals surface area contributed by atoms with Crippen molar-refractivity contribution in [3.63, 3.8) is 0 Å². The smallest absolute Gasteiger partial charge is 0.138 e. The Balaban J connectivity index is 2.55. The first kappa shape index (κ1) is 18.0. The Labute approximate surface area is 151 Å². The van der Waals surface area contributed by atoms with Gasteiger partial charge >= 0.3 is 0 Å². The van der Waals surface area contributed by atoms with Gasteiger partial charge in [0.05, 0.1) is 10.2 Å². The van der Waals surface area contributed by atoms with Crippen molar-refractivity contribution in [1.29, 1.82) is 0 Å². The molecule has 0 radical (unpaired) electrons. The number of aromatic hydroxyl groups is 1. The normalized spacial score (nSPS) is 11.8. The molecule has 2 aromatic carbocycles. The molecular weight excluding hydrogens is 374 g/mol. The number of nitrogens with zero attached hydrogens (tertiary/aromatic N) is 1. The third-order valence-corrected chi connectivity index (χ3v) is 4.56. The first-order chi connectivity index (χ1) is 10.8. The Morgan fingerprint density at radius 1 is 1.09 bits per heavy atom. The van der Waals surface area contributed by atoms with E-state index in [4.69, 9.17) is 16.6 Å². The van der Waals surface area contributed by atoms with E-state index in [9.17, 15) is 5.11 Å². The Bertz CT molecular complexity index is 712. The predicted octanol–water partition coefficient (Wildman–Crippen LogP) is 6.81. The zero-order chi connectivity index (χ0) is 17.1. The molecule has 0 saturated heterocycles. The molecule has 2 nitrogen and oxygen atoms in total. The lowest BCUT2D eigenvalue weighted by molar-refractivity contribution is 0.471. The summed E-state index contributed by atoms with van der Waals surface area (Å²) in [6.45, 7) is 8.63. The van der Waals surface area contributed by atoms with E-state index in [-0.39, 0.29) is 5.75 Å². The van der Waals surface area contributed by atoms with Gasteiger partial charge in [-0.15, -0.1) is 0 Å². The molecule has 0 aliphatic carbocycles. The van der Waals surface area contributed by atoms with Gasteiger partial charge in [-0.1, -0.05) is 57.5 Å². The second-order valence-corrected chi connectivity index (χ2v) is 7.47. The van der Waals surface area contributed by atoms with Gasteiger partial charge in [0.2, 0.25) is 0 Å². The van der Waals surface area contributed by atoms with Gasteiger partial charge in [-0.2, -0.15) is 0 Å². The fraction of sp³-hybridized carbons (Fsp3) is 0.316. The molecule has 122 valence electrons. The summed E-state index contributed by atoms with van der Waals surface area (Å²) in [5, 5.41) is 10.7.